The summed E-state index contributed by atoms with van der Waals surface area (Å²) in [6, 6.07) is 13.8. The average Bonchev–Trinajstić information content (AvgIpc) is 2.16. The van der Waals surface area contributed by atoms with Crippen LogP contribution >= 0.6 is 34.8 Å². The monoisotopic (exact) mass is 255 g/mol. The van der Waals surface area contributed by atoms with E-state index in [4.69, 9.17) is 34.8 Å². The number of benzene rings is 2. The van der Waals surface area contributed by atoms with Crippen LogP contribution in [-0.2, 0) is 0 Å². The van der Waals surface area contributed by atoms with Crippen molar-refractivity contribution in [1.82, 2.24) is 0 Å². The summed E-state index contributed by atoms with van der Waals surface area (Å²) >= 11 is 17.7. The van der Waals surface area contributed by atoms with E-state index in [2.05, 4.69) is 6.07 Å². The molecule has 0 heterocycles. The molecule has 0 N–H and O–H groups in total. The van der Waals surface area contributed by atoms with E-state index in [0.29, 0.717) is 15.1 Å². The molecule has 75 valence electrons. The molecule has 0 fully saturated rings. The lowest BCUT2D eigenvalue weighted by molar-refractivity contribution is 1.61. The van der Waals surface area contributed by atoms with Crippen molar-refractivity contribution >= 4 is 34.8 Å². The van der Waals surface area contributed by atoms with Crippen LogP contribution in [0.25, 0.3) is 11.1 Å². The van der Waals surface area contributed by atoms with Crippen LogP contribution in [0.5, 0.6) is 0 Å². The van der Waals surface area contributed by atoms with Crippen LogP contribution in [0.2, 0.25) is 15.1 Å². The fourth-order valence-electron chi connectivity index (χ4n) is 1.31. The Labute approximate surface area is 103 Å². The maximum Gasteiger partial charge on any atom is 0.0426 e. The van der Waals surface area contributed by atoms with Crippen LogP contribution in [0.3, 0.4) is 0 Å². The molecule has 0 atom stereocenters. The van der Waals surface area contributed by atoms with Crippen LogP contribution in [0, 0.1) is 6.07 Å². The first-order chi connectivity index (χ1) is 7.15. The van der Waals surface area contributed by atoms with Gasteiger partial charge in [-0.2, -0.15) is 0 Å². The third kappa shape index (κ3) is 2.66. The van der Waals surface area contributed by atoms with E-state index in [1.165, 1.54) is 0 Å². The van der Waals surface area contributed by atoms with Gasteiger partial charge in [0.15, 0.2) is 0 Å². The maximum atomic E-state index is 5.91. The van der Waals surface area contributed by atoms with Crippen LogP contribution in [-0.4, -0.2) is 0 Å². The van der Waals surface area contributed by atoms with Crippen molar-refractivity contribution in [2.24, 2.45) is 0 Å². The molecular weight excluding hydrogens is 250 g/mol. The summed E-state index contributed by atoms with van der Waals surface area (Å²) in [5.41, 5.74) is 1.79. The second-order valence-electron chi connectivity index (χ2n) is 3.08. The van der Waals surface area contributed by atoms with E-state index in [1.807, 2.05) is 18.2 Å². The molecule has 15 heavy (non-hydrogen) atoms. The highest BCUT2D eigenvalue weighted by molar-refractivity contribution is 6.35. The van der Waals surface area contributed by atoms with Crippen LogP contribution < -0.4 is 0 Å². The van der Waals surface area contributed by atoms with Gasteiger partial charge in [0.25, 0.3) is 0 Å². The zero-order chi connectivity index (χ0) is 10.8. The predicted octanol–water partition coefficient (Wildman–Crippen LogP) is 5.11. The van der Waals surface area contributed by atoms with Crippen LogP contribution in [0.1, 0.15) is 0 Å². The summed E-state index contributed by atoms with van der Waals surface area (Å²) in [5.74, 6) is 0. The van der Waals surface area contributed by atoms with Gasteiger partial charge < -0.3 is 0 Å². The van der Waals surface area contributed by atoms with Crippen LogP contribution in [0.15, 0.2) is 36.4 Å². The first kappa shape index (κ1) is 10.8. The quantitative estimate of drug-likeness (QED) is 0.665. The average molecular weight is 257 g/mol. The molecular formula is C12H6Cl3. The highest BCUT2D eigenvalue weighted by Gasteiger charge is 2.01. The topological polar surface area (TPSA) is 0 Å². The third-order valence-electron chi connectivity index (χ3n) is 1.94. The van der Waals surface area contributed by atoms with Gasteiger partial charge in [-0.05, 0) is 47.5 Å². The SMILES string of the molecule is Clc1cc[c]c(-c2cc(Cl)cc(Cl)c2)c1. The fraction of sp³-hybridized carbons (Fsp3) is 0. The number of hydrogen-bond acceptors (Lipinski definition) is 0. The van der Waals surface area contributed by atoms with Gasteiger partial charge in [-0.15, -0.1) is 0 Å². The van der Waals surface area contributed by atoms with Gasteiger partial charge in [0.05, 0.1) is 0 Å². The molecule has 0 saturated carbocycles. The lowest BCUT2D eigenvalue weighted by Crippen LogP contribution is -1.78. The molecule has 0 saturated heterocycles. The zero-order valence-electron chi connectivity index (χ0n) is 7.60. The molecule has 0 aliphatic rings. The van der Waals surface area contributed by atoms with Gasteiger partial charge in [-0.1, -0.05) is 40.9 Å². The summed E-state index contributed by atoms with van der Waals surface area (Å²) in [6.07, 6.45) is 0. The van der Waals surface area contributed by atoms with Gasteiger partial charge in [0.1, 0.15) is 0 Å². The first-order valence-corrected chi connectivity index (χ1v) is 5.42. The summed E-state index contributed by atoms with van der Waals surface area (Å²) in [4.78, 5) is 0. The summed E-state index contributed by atoms with van der Waals surface area (Å²) in [5, 5.41) is 1.87. The van der Waals surface area contributed by atoms with E-state index in [-0.39, 0.29) is 0 Å². The van der Waals surface area contributed by atoms with E-state index in [1.54, 1.807) is 18.2 Å². The Hall–Kier alpha value is -0.690. The number of rotatable bonds is 1. The first-order valence-electron chi connectivity index (χ1n) is 4.29. The third-order valence-corrected chi connectivity index (χ3v) is 2.61. The second kappa shape index (κ2) is 4.44. The summed E-state index contributed by atoms with van der Waals surface area (Å²) in [6.45, 7) is 0. The molecule has 2 rings (SSSR count). The van der Waals surface area contributed by atoms with Gasteiger partial charge in [-0.25, -0.2) is 0 Å². The molecule has 1 radical (unpaired) electrons. The van der Waals surface area contributed by atoms with Crippen molar-refractivity contribution in [2.75, 3.05) is 0 Å². The highest BCUT2D eigenvalue weighted by Crippen LogP contribution is 2.28. The van der Waals surface area contributed by atoms with Crippen molar-refractivity contribution in [1.29, 1.82) is 0 Å². The molecule has 0 bridgehead atoms. The Morgan fingerprint density at radius 2 is 1.47 bits per heavy atom. The van der Waals surface area contributed by atoms with E-state index < -0.39 is 0 Å². The molecule has 0 aromatic heterocycles. The lowest BCUT2D eigenvalue weighted by atomic mass is 10.1. The van der Waals surface area contributed by atoms with Crippen LogP contribution in [0.4, 0.5) is 0 Å². The molecule has 3 heteroatoms. The standard InChI is InChI=1S/C12H6Cl3/c13-10-3-1-2-8(4-10)9-5-11(14)7-12(15)6-9/h1,3-7H. The van der Waals surface area contributed by atoms with E-state index >= 15 is 0 Å². The minimum absolute atomic E-state index is 0.603. The van der Waals surface area contributed by atoms with Gasteiger partial charge in [0.2, 0.25) is 0 Å². The predicted molar refractivity (Wildman–Crippen MR) is 65.7 cm³/mol. The molecule has 0 nitrogen and oxygen atoms in total. The molecule has 0 unspecified atom stereocenters. The van der Waals surface area contributed by atoms with Crippen molar-refractivity contribution in [3.63, 3.8) is 0 Å². The Kier molecular flexibility index (Phi) is 3.20. The Balaban J connectivity index is 2.54. The minimum Gasteiger partial charge on any atom is -0.0843 e. The second-order valence-corrected chi connectivity index (χ2v) is 4.39. The fourth-order valence-corrected chi connectivity index (χ4v) is 2.01. The zero-order valence-corrected chi connectivity index (χ0v) is 9.87. The molecule has 0 spiro atoms. The molecule has 0 amide bonds. The summed E-state index contributed by atoms with van der Waals surface area (Å²) < 4.78 is 0. The van der Waals surface area contributed by atoms with E-state index in [0.717, 1.165) is 11.1 Å². The van der Waals surface area contributed by atoms with Gasteiger partial charge >= 0.3 is 0 Å². The van der Waals surface area contributed by atoms with E-state index in [9.17, 15) is 0 Å². The van der Waals surface area contributed by atoms with Gasteiger partial charge in [0, 0.05) is 15.1 Å². The molecule has 0 aliphatic carbocycles. The maximum absolute atomic E-state index is 5.91. The normalized spacial score (nSPS) is 10.3. The number of halogens is 3. The molecule has 0 aliphatic heterocycles. The van der Waals surface area contributed by atoms with Crippen molar-refractivity contribution in [3.8, 4) is 11.1 Å². The Morgan fingerprint density at radius 3 is 2.07 bits per heavy atom. The van der Waals surface area contributed by atoms with Crippen molar-refractivity contribution < 1.29 is 0 Å². The number of hydrogen-bond donors (Lipinski definition) is 0. The Bertz CT molecular complexity index is 472. The highest BCUT2D eigenvalue weighted by atomic mass is 35.5. The largest absolute Gasteiger partial charge is 0.0843 e. The summed E-state index contributed by atoms with van der Waals surface area (Å²) in [7, 11) is 0. The van der Waals surface area contributed by atoms with Crippen molar-refractivity contribution in [3.05, 3.63) is 57.5 Å². The Morgan fingerprint density at radius 1 is 0.800 bits per heavy atom. The van der Waals surface area contributed by atoms with Gasteiger partial charge in [-0.3, -0.25) is 0 Å². The lowest BCUT2D eigenvalue weighted by Gasteiger charge is -2.03. The minimum atomic E-state index is 0.603. The van der Waals surface area contributed by atoms with Crippen molar-refractivity contribution in [2.45, 2.75) is 0 Å². The smallest absolute Gasteiger partial charge is 0.0426 e. The molecule has 2 aromatic rings. The molecule has 2 aromatic carbocycles.